The quantitative estimate of drug-likeness (QED) is 0.542. The molecule has 0 fully saturated rings. The standard InChI is InChI=1S/C6H11NO3/c1-4(8)5(7)3-6(9)10-2/h5H,3,7H2,1-2H3. The number of rotatable bonds is 3. The SMILES string of the molecule is COC(=O)CC(N)C(C)=O. The van der Waals surface area contributed by atoms with Crippen molar-refractivity contribution >= 4 is 11.8 Å². The van der Waals surface area contributed by atoms with Crippen molar-refractivity contribution in [3.8, 4) is 0 Å². The van der Waals surface area contributed by atoms with Crippen LogP contribution in [0.25, 0.3) is 0 Å². The molecule has 58 valence electrons. The Bertz CT molecular complexity index is 144. The average molecular weight is 145 g/mol. The molecule has 1 atom stereocenters. The first-order valence-electron chi connectivity index (χ1n) is 2.90. The van der Waals surface area contributed by atoms with E-state index in [0.29, 0.717) is 0 Å². The Morgan fingerprint density at radius 1 is 1.60 bits per heavy atom. The Labute approximate surface area is 59.3 Å². The Morgan fingerprint density at radius 3 is 2.40 bits per heavy atom. The second-order valence-corrected chi connectivity index (χ2v) is 2.00. The van der Waals surface area contributed by atoms with Gasteiger partial charge >= 0.3 is 5.97 Å². The molecule has 0 amide bonds. The first kappa shape index (κ1) is 9.10. The molecule has 0 heterocycles. The predicted octanol–water partition coefficient (Wildman–Crippen LogP) is -0.534. The molecule has 0 aromatic rings. The predicted molar refractivity (Wildman–Crippen MR) is 35.3 cm³/mol. The van der Waals surface area contributed by atoms with E-state index in [1.807, 2.05) is 0 Å². The first-order valence-corrected chi connectivity index (χ1v) is 2.90. The van der Waals surface area contributed by atoms with Crippen molar-refractivity contribution in [3.05, 3.63) is 0 Å². The molecule has 4 nitrogen and oxygen atoms in total. The molecule has 0 aliphatic carbocycles. The van der Waals surface area contributed by atoms with E-state index in [9.17, 15) is 9.59 Å². The fourth-order valence-corrected chi connectivity index (χ4v) is 0.407. The fourth-order valence-electron chi connectivity index (χ4n) is 0.407. The minimum Gasteiger partial charge on any atom is -0.469 e. The second kappa shape index (κ2) is 4.00. The highest BCUT2D eigenvalue weighted by molar-refractivity contribution is 5.86. The number of hydrogen-bond donors (Lipinski definition) is 1. The molecular formula is C6H11NO3. The van der Waals surface area contributed by atoms with E-state index >= 15 is 0 Å². The molecule has 1 unspecified atom stereocenters. The number of carbonyl (C=O) groups is 2. The molecule has 0 bridgehead atoms. The summed E-state index contributed by atoms with van der Waals surface area (Å²) in [5, 5.41) is 0. The summed E-state index contributed by atoms with van der Waals surface area (Å²) in [5.41, 5.74) is 5.24. The third-order valence-electron chi connectivity index (χ3n) is 1.14. The largest absolute Gasteiger partial charge is 0.469 e. The molecule has 4 heteroatoms. The molecule has 0 saturated heterocycles. The number of nitrogens with two attached hydrogens (primary N) is 1. The van der Waals surface area contributed by atoms with Gasteiger partial charge < -0.3 is 10.5 Å². The van der Waals surface area contributed by atoms with Gasteiger partial charge in [-0.25, -0.2) is 0 Å². The lowest BCUT2D eigenvalue weighted by atomic mass is 10.1. The Balaban J connectivity index is 3.68. The Hall–Kier alpha value is -0.900. The van der Waals surface area contributed by atoms with Gasteiger partial charge in [-0.05, 0) is 6.92 Å². The summed E-state index contributed by atoms with van der Waals surface area (Å²) in [5.74, 6) is -0.659. The zero-order chi connectivity index (χ0) is 8.15. The third-order valence-corrected chi connectivity index (χ3v) is 1.14. The van der Waals surface area contributed by atoms with E-state index < -0.39 is 12.0 Å². The maximum Gasteiger partial charge on any atom is 0.307 e. The van der Waals surface area contributed by atoms with Crippen molar-refractivity contribution in [1.29, 1.82) is 0 Å². The highest BCUT2D eigenvalue weighted by Gasteiger charge is 2.12. The number of hydrogen-bond acceptors (Lipinski definition) is 4. The molecule has 0 saturated carbocycles. The lowest BCUT2D eigenvalue weighted by molar-refractivity contribution is -0.142. The highest BCUT2D eigenvalue weighted by Crippen LogP contribution is 1.91. The van der Waals surface area contributed by atoms with Crippen LogP contribution >= 0.6 is 0 Å². The van der Waals surface area contributed by atoms with Crippen LogP contribution in [0.4, 0.5) is 0 Å². The van der Waals surface area contributed by atoms with Crippen LogP contribution in [0.15, 0.2) is 0 Å². The molecule has 0 radical (unpaired) electrons. The van der Waals surface area contributed by atoms with Crippen molar-refractivity contribution in [1.82, 2.24) is 0 Å². The highest BCUT2D eigenvalue weighted by atomic mass is 16.5. The van der Waals surface area contributed by atoms with Crippen molar-refractivity contribution in [2.45, 2.75) is 19.4 Å². The van der Waals surface area contributed by atoms with E-state index in [4.69, 9.17) is 5.73 Å². The average Bonchev–Trinajstić information content (AvgIpc) is 1.87. The van der Waals surface area contributed by atoms with Crippen LogP contribution in [0.5, 0.6) is 0 Å². The maximum absolute atomic E-state index is 10.5. The summed E-state index contributed by atoms with van der Waals surface area (Å²) in [7, 11) is 1.26. The van der Waals surface area contributed by atoms with Crippen molar-refractivity contribution in [3.63, 3.8) is 0 Å². The molecule has 0 spiro atoms. The van der Waals surface area contributed by atoms with Crippen molar-refractivity contribution in [2.24, 2.45) is 5.73 Å². The van der Waals surface area contributed by atoms with E-state index in [-0.39, 0.29) is 12.2 Å². The van der Waals surface area contributed by atoms with Gasteiger partial charge in [0, 0.05) is 0 Å². The third kappa shape index (κ3) is 3.19. The maximum atomic E-state index is 10.5. The van der Waals surface area contributed by atoms with E-state index in [1.54, 1.807) is 0 Å². The number of methoxy groups -OCH3 is 1. The smallest absolute Gasteiger partial charge is 0.307 e. The molecule has 0 aliphatic rings. The number of carbonyl (C=O) groups excluding carboxylic acids is 2. The second-order valence-electron chi connectivity index (χ2n) is 2.00. The lowest BCUT2D eigenvalue weighted by Crippen LogP contribution is -2.31. The van der Waals surface area contributed by atoms with Crippen LogP contribution in [0.3, 0.4) is 0 Å². The van der Waals surface area contributed by atoms with Gasteiger partial charge in [0.2, 0.25) is 0 Å². The first-order chi connectivity index (χ1) is 4.57. The molecule has 2 N–H and O–H groups in total. The van der Waals surface area contributed by atoms with Crippen LogP contribution in [0.1, 0.15) is 13.3 Å². The van der Waals surface area contributed by atoms with Gasteiger partial charge in [0.1, 0.15) is 5.78 Å². The van der Waals surface area contributed by atoms with Gasteiger partial charge in [0.25, 0.3) is 0 Å². The number of Topliss-reactive ketones (excluding diaryl/α,β-unsaturated/α-hetero) is 1. The van der Waals surface area contributed by atoms with Crippen molar-refractivity contribution in [2.75, 3.05) is 7.11 Å². The summed E-state index contributed by atoms with van der Waals surface area (Å²) in [6.45, 7) is 1.34. The summed E-state index contributed by atoms with van der Waals surface area (Å²) in [6, 6.07) is -0.715. The molecule has 0 aromatic heterocycles. The summed E-state index contributed by atoms with van der Waals surface area (Å²) in [6.07, 6.45) is -0.0359. The zero-order valence-electron chi connectivity index (χ0n) is 6.09. The van der Waals surface area contributed by atoms with Crippen molar-refractivity contribution < 1.29 is 14.3 Å². The fraction of sp³-hybridized carbons (Fsp3) is 0.667. The van der Waals surface area contributed by atoms with Crippen LogP contribution in [0.2, 0.25) is 0 Å². The van der Waals surface area contributed by atoms with Gasteiger partial charge in [-0.1, -0.05) is 0 Å². The molecule has 10 heavy (non-hydrogen) atoms. The Kier molecular flexibility index (Phi) is 3.64. The van der Waals surface area contributed by atoms with Gasteiger partial charge in [-0.3, -0.25) is 9.59 Å². The van der Waals surface area contributed by atoms with Crippen LogP contribution < -0.4 is 5.73 Å². The minimum atomic E-state index is -0.715. The zero-order valence-corrected chi connectivity index (χ0v) is 6.09. The van der Waals surface area contributed by atoms with E-state index in [1.165, 1.54) is 14.0 Å². The topological polar surface area (TPSA) is 69.4 Å². The van der Waals surface area contributed by atoms with E-state index in [0.717, 1.165) is 0 Å². The number of ketones is 1. The monoisotopic (exact) mass is 145 g/mol. The van der Waals surface area contributed by atoms with Gasteiger partial charge in [-0.2, -0.15) is 0 Å². The van der Waals surface area contributed by atoms with Crippen LogP contribution in [-0.4, -0.2) is 24.9 Å². The van der Waals surface area contributed by atoms with Gasteiger partial charge in [-0.15, -0.1) is 0 Å². The summed E-state index contributed by atoms with van der Waals surface area (Å²) < 4.78 is 4.30. The van der Waals surface area contributed by atoms with E-state index in [2.05, 4.69) is 4.74 Å². The lowest BCUT2D eigenvalue weighted by Gasteiger charge is -2.03. The summed E-state index contributed by atoms with van der Waals surface area (Å²) in [4.78, 5) is 20.9. The van der Waals surface area contributed by atoms with Gasteiger partial charge in [0.15, 0.2) is 0 Å². The summed E-state index contributed by atoms with van der Waals surface area (Å²) >= 11 is 0. The molecule has 0 aromatic carbocycles. The molecule has 0 aliphatic heterocycles. The molecule has 0 rings (SSSR count). The Morgan fingerprint density at radius 2 is 2.10 bits per heavy atom. The van der Waals surface area contributed by atoms with Gasteiger partial charge in [0.05, 0.1) is 19.6 Å². The van der Waals surface area contributed by atoms with Crippen LogP contribution in [-0.2, 0) is 14.3 Å². The normalized spacial score (nSPS) is 12.3. The molecular weight excluding hydrogens is 134 g/mol. The number of ether oxygens (including phenoxy) is 1. The minimum absolute atomic E-state index is 0.0359. The number of esters is 1. The van der Waals surface area contributed by atoms with Crippen LogP contribution in [0, 0.1) is 0 Å².